The van der Waals surface area contributed by atoms with E-state index in [9.17, 15) is 9.59 Å². The van der Waals surface area contributed by atoms with Crippen molar-refractivity contribution < 1.29 is 19.4 Å². The number of amides is 2. The van der Waals surface area contributed by atoms with Crippen molar-refractivity contribution >= 4 is 22.9 Å². The summed E-state index contributed by atoms with van der Waals surface area (Å²) < 4.78 is 5.41. The predicted molar refractivity (Wildman–Crippen MR) is 99.9 cm³/mol. The molecule has 8 nitrogen and oxygen atoms in total. The van der Waals surface area contributed by atoms with Gasteiger partial charge in [-0.15, -0.1) is 0 Å². The van der Waals surface area contributed by atoms with Gasteiger partial charge in [0, 0.05) is 57.4 Å². The fourth-order valence-corrected chi connectivity index (χ4v) is 3.79. The normalized spacial score (nSPS) is 18.8. The fourth-order valence-electron chi connectivity index (χ4n) is 3.79. The maximum absolute atomic E-state index is 13.0. The molecule has 1 aromatic carbocycles. The molecule has 2 aliphatic heterocycles. The number of carboxylic acid groups (broad SMARTS) is 1. The monoisotopic (exact) mass is 372 g/mol. The third kappa shape index (κ3) is 3.63. The molecule has 0 radical (unpaired) electrons. The Morgan fingerprint density at radius 2 is 1.74 bits per heavy atom. The molecule has 2 fully saturated rings. The Morgan fingerprint density at radius 3 is 2.44 bits per heavy atom. The molecule has 3 heterocycles. The lowest BCUT2D eigenvalue weighted by Gasteiger charge is -2.33. The maximum Gasteiger partial charge on any atom is 0.407 e. The summed E-state index contributed by atoms with van der Waals surface area (Å²) in [7, 11) is 0. The van der Waals surface area contributed by atoms with E-state index in [1.54, 1.807) is 4.90 Å². The van der Waals surface area contributed by atoms with Gasteiger partial charge >= 0.3 is 6.09 Å². The molecule has 2 aliphatic rings. The summed E-state index contributed by atoms with van der Waals surface area (Å²) >= 11 is 0. The lowest BCUT2D eigenvalue weighted by molar-refractivity contribution is 0.0343. The van der Waals surface area contributed by atoms with Crippen LogP contribution in [0.1, 0.15) is 15.9 Å². The molecule has 0 atom stereocenters. The van der Waals surface area contributed by atoms with Crippen LogP contribution in [0.4, 0.5) is 4.79 Å². The van der Waals surface area contributed by atoms with E-state index in [0.29, 0.717) is 31.7 Å². The largest absolute Gasteiger partial charge is 0.465 e. The van der Waals surface area contributed by atoms with Gasteiger partial charge in [-0.2, -0.15) is 0 Å². The zero-order valence-electron chi connectivity index (χ0n) is 15.2. The number of H-pyrrole nitrogens is 1. The second kappa shape index (κ2) is 7.58. The number of hydrogen-bond acceptors (Lipinski definition) is 4. The summed E-state index contributed by atoms with van der Waals surface area (Å²) in [5.74, 6) is -0.0505. The number of ether oxygens (including phenoxy) is 1. The first kappa shape index (κ1) is 17.8. The molecule has 144 valence electrons. The summed E-state index contributed by atoms with van der Waals surface area (Å²) in [4.78, 5) is 32.8. The van der Waals surface area contributed by atoms with Crippen molar-refractivity contribution in [1.29, 1.82) is 0 Å². The van der Waals surface area contributed by atoms with Crippen LogP contribution < -0.4 is 0 Å². The topological polar surface area (TPSA) is 89.1 Å². The number of aromatic nitrogens is 1. The Hall–Kier alpha value is -2.58. The number of piperazine rings is 1. The number of morpholine rings is 1. The highest BCUT2D eigenvalue weighted by atomic mass is 16.5. The Labute approximate surface area is 157 Å². The van der Waals surface area contributed by atoms with Gasteiger partial charge in [0.15, 0.2) is 0 Å². The number of para-hydroxylation sites is 1. The summed E-state index contributed by atoms with van der Waals surface area (Å²) in [5, 5.41) is 10.1. The van der Waals surface area contributed by atoms with Gasteiger partial charge in [-0.05, 0) is 11.6 Å². The Kier molecular flexibility index (Phi) is 5.00. The van der Waals surface area contributed by atoms with E-state index in [1.807, 2.05) is 24.4 Å². The van der Waals surface area contributed by atoms with Gasteiger partial charge in [0.2, 0.25) is 0 Å². The zero-order chi connectivity index (χ0) is 18.8. The molecule has 0 aliphatic carbocycles. The zero-order valence-corrected chi connectivity index (χ0v) is 15.2. The number of benzene rings is 1. The number of rotatable bonds is 3. The molecule has 0 spiro atoms. The molecular weight excluding hydrogens is 348 g/mol. The van der Waals surface area contributed by atoms with E-state index in [4.69, 9.17) is 9.84 Å². The summed E-state index contributed by atoms with van der Waals surface area (Å²) in [6.07, 6.45) is 1.06. The van der Waals surface area contributed by atoms with E-state index in [-0.39, 0.29) is 5.91 Å². The molecule has 0 unspecified atom stereocenters. The highest BCUT2D eigenvalue weighted by Crippen LogP contribution is 2.24. The van der Waals surface area contributed by atoms with Crippen LogP contribution in [0.5, 0.6) is 0 Å². The Bertz CT molecular complexity index is 835. The van der Waals surface area contributed by atoms with Crippen molar-refractivity contribution in [2.24, 2.45) is 0 Å². The third-order valence-electron chi connectivity index (χ3n) is 5.37. The van der Waals surface area contributed by atoms with Crippen LogP contribution in [0.3, 0.4) is 0 Å². The lowest BCUT2D eigenvalue weighted by Crippen LogP contribution is -2.50. The first-order chi connectivity index (χ1) is 13.1. The minimum atomic E-state index is -0.929. The number of carbonyl (C=O) groups excluding carboxylic acids is 1. The number of nitrogens with zero attached hydrogens (tertiary/aromatic N) is 3. The molecule has 0 bridgehead atoms. The van der Waals surface area contributed by atoms with Crippen molar-refractivity contribution in [3.05, 3.63) is 35.5 Å². The van der Waals surface area contributed by atoms with E-state index in [1.165, 1.54) is 10.5 Å². The smallest absolute Gasteiger partial charge is 0.407 e. The van der Waals surface area contributed by atoms with Crippen LogP contribution in [0.15, 0.2) is 24.4 Å². The molecule has 4 rings (SSSR count). The van der Waals surface area contributed by atoms with Crippen LogP contribution in [-0.4, -0.2) is 89.3 Å². The number of nitrogens with one attached hydrogen (secondary N) is 1. The van der Waals surface area contributed by atoms with Crippen LogP contribution in [0, 0.1) is 0 Å². The molecule has 8 heteroatoms. The lowest BCUT2D eigenvalue weighted by atomic mass is 10.1. The minimum absolute atomic E-state index is 0.0505. The molecule has 2 N–H and O–H groups in total. The van der Waals surface area contributed by atoms with Gasteiger partial charge < -0.3 is 24.6 Å². The second-order valence-electron chi connectivity index (χ2n) is 6.99. The van der Waals surface area contributed by atoms with E-state index >= 15 is 0 Å². The highest BCUT2D eigenvalue weighted by Gasteiger charge is 2.26. The summed E-state index contributed by atoms with van der Waals surface area (Å²) in [6.45, 7) is 5.72. The first-order valence-electron chi connectivity index (χ1n) is 9.29. The first-order valence-corrected chi connectivity index (χ1v) is 9.29. The predicted octanol–water partition coefficient (Wildman–Crippen LogP) is 1.44. The van der Waals surface area contributed by atoms with Crippen LogP contribution >= 0.6 is 0 Å². The van der Waals surface area contributed by atoms with Gasteiger partial charge in [0.1, 0.15) is 0 Å². The van der Waals surface area contributed by atoms with Gasteiger partial charge in [0.05, 0.1) is 24.3 Å². The number of aromatic amines is 1. The van der Waals surface area contributed by atoms with Crippen LogP contribution in [-0.2, 0) is 11.3 Å². The average molecular weight is 372 g/mol. The number of hydrogen-bond donors (Lipinski definition) is 2. The molecule has 2 aromatic rings. The minimum Gasteiger partial charge on any atom is -0.465 e. The van der Waals surface area contributed by atoms with E-state index < -0.39 is 6.09 Å². The van der Waals surface area contributed by atoms with Crippen molar-refractivity contribution in [3.63, 3.8) is 0 Å². The SMILES string of the molecule is O=C(O)N1CCN(C(=O)c2cccc3c(CN4CCOCC4)c[nH]c23)CC1. The summed E-state index contributed by atoms with van der Waals surface area (Å²) in [6, 6.07) is 5.80. The molecule has 27 heavy (non-hydrogen) atoms. The van der Waals surface area contributed by atoms with E-state index in [0.717, 1.165) is 43.8 Å². The van der Waals surface area contributed by atoms with Gasteiger partial charge in [0.25, 0.3) is 5.91 Å². The fraction of sp³-hybridized carbons (Fsp3) is 0.474. The van der Waals surface area contributed by atoms with Crippen molar-refractivity contribution in [3.8, 4) is 0 Å². The molecular formula is C19H24N4O4. The van der Waals surface area contributed by atoms with Crippen molar-refractivity contribution in [2.45, 2.75) is 6.54 Å². The van der Waals surface area contributed by atoms with Gasteiger partial charge in [-0.3, -0.25) is 9.69 Å². The quantitative estimate of drug-likeness (QED) is 0.851. The molecule has 0 saturated carbocycles. The highest BCUT2D eigenvalue weighted by molar-refractivity contribution is 6.06. The third-order valence-corrected chi connectivity index (χ3v) is 5.37. The van der Waals surface area contributed by atoms with Crippen LogP contribution in [0.2, 0.25) is 0 Å². The maximum atomic E-state index is 13.0. The van der Waals surface area contributed by atoms with Gasteiger partial charge in [-0.25, -0.2) is 4.79 Å². The number of fused-ring (bicyclic) bond motifs is 1. The summed E-state index contributed by atoms with van der Waals surface area (Å²) in [5.41, 5.74) is 2.67. The van der Waals surface area contributed by atoms with Crippen LogP contribution in [0.25, 0.3) is 10.9 Å². The number of carbonyl (C=O) groups is 2. The molecule has 1 aromatic heterocycles. The van der Waals surface area contributed by atoms with E-state index in [2.05, 4.69) is 9.88 Å². The second-order valence-corrected chi connectivity index (χ2v) is 6.99. The van der Waals surface area contributed by atoms with Crippen molar-refractivity contribution in [1.82, 2.24) is 19.7 Å². The van der Waals surface area contributed by atoms with Crippen molar-refractivity contribution in [2.75, 3.05) is 52.5 Å². The standard InChI is InChI=1S/C19H24N4O4/c24-18(22-4-6-23(7-5-22)19(25)26)16-3-1-2-15-14(12-20-17(15)16)13-21-8-10-27-11-9-21/h1-3,12,20H,4-11,13H2,(H,25,26). The van der Waals surface area contributed by atoms with Gasteiger partial charge in [-0.1, -0.05) is 12.1 Å². The Morgan fingerprint density at radius 1 is 1.04 bits per heavy atom. The molecule has 2 amide bonds. The Balaban J connectivity index is 1.52. The average Bonchev–Trinajstić information content (AvgIpc) is 3.11. The molecule has 2 saturated heterocycles.